The maximum Gasteiger partial charge on any atom is 0.261 e. The van der Waals surface area contributed by atoms with E-state index in [1.807, 2.05) is 19.1 Å². The van der Waals surface area contributed by atoms with Crippen LogP contribution in [0.15, 0.2) is 18.2 Å². The molecule has 0 aromatic carbocycles. The predicted molar refractivity (Wildman–Crippen MR) is 87.9 cm³/mol. The van der Waals surface area contributed by atoms with Crippen molar-refractivity contribution in [2.24, 2.45) is 0 Å². The molecule has 0 atom stereocenters. The Morgan fingerprint density at radius 1 is 1.33 bits per heavy atom. The Bertz CT molecular complexity index is 689. The van der Waals surface area contributed by atoms with Crippen molar-refractivity contribution in [3.8, 4) is 11.8 Å². The normalized spacial score (nSPS) is 10.0. The third-order valence-corrected chi connectivity index (χ3v) is 4.95. The van der Waals surface area contributed by atoms with E-state index < -0.39 is 0 Å². The van der Waals surface area contributed by atoms with Crippen molar-refractivity contribution in [3.05, 3.63) is 43.3 Å². The number of nitrogens with one attached hydrogen (secondary N) is 1. The monoisotopic (exact) mass is 319 g/mol. The van der Waals surface area contributed by atoms with Crippen molar-refractivity contribution in [1.82, 2.24) is 5.32 Å². The van der Waals surface area contributed by atoms with Gasteiger partial charge in [-0.3, -0.25) is 4.79 Å². The third-order valence-electron chi connectivity index (χ3n) is 2.80. The van der Waals surface area contributed by atoms with Gasteiger partial charge in [-0.25, -0.2) is 0 Å². The average Bonchev–Trinajstić information content (AvgIpc) is 3.03. The largest absolute Gasteiger partial charge is 0.395 e. The Morgan fingerprint density at radius 3 is 2.81 bits per heavy atom. The molecule has 5 heteroatoms. The molecule has 2 rings (SSSR count). The first-order valence-electron chi connectivity index (χ1n) is 6.64. The fraction of sp³-hybridized carbons (Fsp3) is 0.312. The van der Waals surface area contributed by atoms with Gasteiger partial charge in [-0.15, -0.1) is 22.7 Å². The first kappa shape index (κ1) is 15.8. The summed E-state index contributed by atoms with van der Waals surface area (Å²) < 4.78 is 0. The number of rotatable bonds is 4. The van der Waals surface area contributed by atoms with Gasteiger partial charge >= 0.3 is 0 Å². The van der Waals surface area contributed by atoms with Gasteiger partial charge in [0.2, 0.25) is 0 Å². The Morgan fingerprint density at radius 2 is 2.14 bits per heavy atom. The summed E-state index contributed by atoms with van der Waals surface area (Å²) in [6.07, 6.45) is 0.455. The number of hydrogen-bond donors (Lipinski definition) is 2. The lowest BCUT2D eigenvalue weighted by Gasteiger charge is -2.00. The van der Waals surface area contributed by atoms with Crippen LogP contribution in [0.3, 0.4) is 0 Å². The molecule has 1 amide bonds. The van der Waals surface area contributed by atoms with Gasteiger partial charge in [-0.2, -0.15) is 0 Å². The van der Waals surface area contributed by atoms with Crippen molar-refractivity contribution in [3.63, 3.8) is 0 Å². The van der Waals surface area contributed by atoms with Crippen LogP contribution in [0.4, 0.5) is 0 Å². The summed E-state index contributed by atoms with van der Waals surface area (Å²) in [5.74, 6) is 5.82. The molecule has 0 aliphatic carbocycles. The molecule has 110 valence electrons. The summed E-state index contributed by atoms with van der Waals surface area (Å²) in [6, 6.07) is 5.95. The van der Waals surface area contributed by atoms with Gasteiger partial charge in [0.1, 0.15) is 0 Å². The molecule has 21 heavy (non-hydrogen) atoms. The fourth-order valence-electron chi connectivity index (χ4n) is 1.75. The van der Waals surface area contributed by atoms with Crippen molar-refractivity contribution < 1.29 is 9.90 Å². The molecule has 0 unspecified atom stereocenters. The molecule has 3 nitrogen and oxygen atoms in total. The number of carbonyl (C=O) groups excluding carboxylic acids is 1. The van der Waals surface area contributed by atoms with Crippen molar-refractivity contribution in [1.29, 1.82) is 0 Å². The van der Waals surface area contributed by atoms with Crippen LogP contribution in [0.1, 0.15) is 36.3 Å². The van der Waals surface area contributed by atoms with E-state index in [9.17, 15) is 4.79 Å². The molecule has 2 aromatic heterocycles. The van der Waals surface area contributed by atoms with Crippen LogP contribution in [0.2, 0.25) is 0 Å². The lowest BCUT2D eigenvalue weighted by molar-refractivity contribution is 0.0955. The highest BCUT2D eigenvalue weighted by molar-refractivity contribution is 7.14. The smallest absolute Gasteiger partial charge is 0.261 e. The lowest BCUT2D eigenvalue weighted by Crippen LogP contribution is -2.21. The van der Waals surface area contributed by atoms with E-state index in [1.165, 1.54) is 16.2 Å². The Balaban J connectivity index is 2.00. The van der Waals surface area contributed by atoms with Crippen LogP contribution in [0.25, 0.3) is 0 Å². The van der Waals surface area contributed by atoms with Crippen LogP contribution in [-0.4, -0.2) is 17.6 Å². The van der Waals surface area contributed by atoms with Gasteiger partial charge in [-0.05, 0) is 37.6 Å². The van der Waals surface area contributed by atoms with Crippen LogP contribution in [0, 0.1) is 25.7 Å². The maximum absolute atomic E-state index is 12.1. The summed E-state index contributed by atoms with van der Waals surface area (Å²) in [5.41, 5.74) is 1.00. The molecule has 0 spiro atoms. The number of thiophene rings is 2. The van der Waals surface area contributed by atoms with E-state index in [-0.39, 0.29) is 12.5 Å². The zero-order valence-electron chi connectivity index (χ0n) is 12.0. The van der Waals surface area contributed by atoms with Crippen molar-refractivity contribution in [2.75, 3.05) is 6.61 Å². The molecule has 0 aliphatic rings. The first-order chi connectivity index (χ1) is 10.1. The Labute approximate surface area is 132 Å². The third kappa shape index (κ3) is 4.43. The highest BCUT2D eigenvalue weighted by Crippen LogP contribution is 2.21. The second-order valence-electron chi connectivity index (χ2n) is 4.59. The zero-order valence-corrected chi connectivity index (χ0v) is 13.7. The van der Waals surface area contributed by atoms with E-state index in [4.69, 9.17) is 5.11 Å². The SMILES string of the molecule is Cc1ccc(CNC(=O)c2cc(C)c(C#CCCO)s2)s1. The standard InChI is InChI=1S/C16H17NO2S2/c1-11-9-15(21-14(11)5-3-4-8-18)16(19)17-10-13-7-6-12(2)20-13/h6-7,9,18H,4,8,10H2,1-2H3,(H,17,19). The van der Waals surface area contributed by atoms with Gasteiger partial charge in [0.05, 0.1) is 22.9 Å². The summed E-state index contributed by atoms with van der Waals surface area (Å²) in [6.45, 7) is 4.61. The summed E-state index contributed by atoms with van der Waals surface area (Å²) in [7, 11) is 0. The first-order valence-corrected chi connectivity index (χ1v) is 8.27. The summed E-state index contributed by atoms with van der Waals surface area (Å²) >= 11 is 3.08. The molecule has 2 N–H and O–H groups in total. The second-order valence-corrected chi connectivity index (χ2v) is 7.02. The molecule has 0 radical (unpaired) electrons. The van der Waals surface area contributed by atoms with E-state index in [2.05, 4.69) is 30.1 Å². The predicted octanol–water partition coefficient (Wildman–Crippen LogP) is 3.09. The minimum absolute atomic E-state index is 0.0605. The number of hydrogen-bond acceptors (Lipinski definition) is 4. The summed E-state index contributed by atoms with van der Waals surface area (Å²) in [4.78, 5) is 16.1. The van der Waals surface area contributed by atoms with Gasteiger partial charge < -0.3 is 10.4 Å². The fourth-order valence-corrected chi connectivity index (χ4v) is 3.55. The molecule has 0 bridgehead atoms. The van der Waals surface area contributed by atoms with E-state index >= 15 is 0 Å². The van der Waals surface area contributed by atoms with Crippen molar-refractivity contribution >= 4 is 28.6 Å². The van der Waals surface area contributed by atoms with E-state index in [0.29, 0.717) is 17.8 Å². The Hall–Kier alpha value is -1.61. The topological polar surface area (TPSA) is 49.3 Å². The Kier molecular flexibility index (Phi) is 5.57. The van der Waals surface area contributed by atoms with Gasteiger partial charge in [0.15, 0.2) is 0 Å². The molecule has 2 aromatic rings. The highest BCUT2D eigenvalue weighted by atomic mass is 32.1. The molecule has 0 saturated carbocycles. The second kappa shape index (κ2) is 7.41. The highest BCUT2D eigenvalue weighted by Gasteiger charge is 2.11. The van der Waals surface area contributed by atoms with Crippen LogP contribution in [-0.2, 0) is 6.54 Å². The van der Waals surface area contributed by atoms with Gasteiger partial charge in [0, 0.05) is 16.2 Å². The minimum atomic E-state index is -0.0654. The van der Waals surface area contributed by atoms with Gasteiger partial charge in [-0.1, -0.05) is 11.8 Å². The molecule has 0 saturated heterocycles. The average molecular weight is 319 g/mol. The van der Waals surface area contributed by atoms with Crippen LogP contribution < -0.4 is 5.32 Å². The number of aliphatic hydroxyl groups is 1. The van der Waals surface area contributed by atoms with Crippen LogP contribution in [0.5, 0.6) is 0 Å². The number of aryl methyl sites for hydroxylation is 2. The molecule has 0 fully saturated rings. The van der Waals surface area contributed by atoms with E-state index in [1.54, 1.807) is 11.3 Å². The van der Waals surface area contributed by atoms with Gasteiger partial charge in [0.25, 0.3) is 5.91 Å². The number of amides is 1. The quantitative estimate of drug-likeness (QED) is 0.851. The maximum atomic E-state index is 12.1. The minimum Gasteiger partial charge on any atom is -0.395 e. The lowest BCUT2D eigenvalue weighted by atomic mass is 10.2. The van der Waals surface area contributed by atoms with Crippen LogP contribution >= 0.6 is 22.7 Å². The van der Waals surface area contributed by atoms with E-state index in [0.717, 1.165) is 15.3 Å². The van der Waals surface area contributed by atoms with Crippen molar-refractivity contribution in [2.45, 2.75) is 26.8 Å². The molecule has 2 heterocycles. The zero-order chi connectivity index (χ0) is 15.2. The molecular formula is C16H17NO2S2. The molecular weight excluding hydrogens is 302 g/mol. The summed E-state index contributed by atoms with van der Waals surface area (Å²) in [5, 5.41) is 11.7. The number of aliphatic hydroxyl groups excluding tert-OH is 1. The number of carbonyl (C=O) groups is 1. The molecule has 0 aliphatic heterocycles.